The van der Waals surface area contributed by atoms with E-state index in [1.165, 1.54) is 0 Å². The standard InChI is InChI=1S/C8H5BrN4/c9-5-2-1-3-6-8(5)7(4-11-6)12-13-10/h1-4,11H. The van der Waals surface area contributed by atoms with Crippen molar-refractivity contribution in [3.63, 3.8) is 0 Å². The van der Waals surface area contributed by atoms with Gasteiger partial charge in [-0.3, -0.25) is 0 Å². The first-order valence-electron chi connectivity index (χ1n) is 3.63. The van der Waals surface area contributed by atoms with Crippen LogP contribution in [0, 0.1) is 0 Å². The normalized spacial score (nSPS) is 9.92. The Morgan fingerprint density at radius 2 is 2.31 bits per heavy atom. The Labute approximate surface area is 82.3 Å². The summed E-state index contributed by atoms with van der Waals surface area (Å²) in [7, 11) is 0. The predicted molar refractivity (Wildman–Crippen MR) is 54.8 cm³/mol. The van der Waals surface area contributed by atoms with Gasteiger partial charge >= 0.3 is 0 Å². The minimum Gasteiger partial charge on any atom is -0.361 e. The van der Waals surface area contributed by atoms with Crippen LogP contribution in [0.25, 0.3) is 21.3 Å². The van der Waals surface area contributed by atoms with Gasteiger partial charge in [-0.15, -0.1) is 0 Å². The molecule has 0 amide bonds. The molecule has 2 aromatic rings. The molecule has 0 aliphatic rings. The lowest BCUT2D eigenvalue weighted by Crippen LogP contribution is -1.67. The van der Waals surface area contributed by atoms with Crippen LogP contribution < -0.4 is 0 Å². The number of fused-ring (bicyclic) bond motifs is 1. The fourth-order valence-corrected chi connectivity index (χ4v) is 1.82. The molecule has 0 bridgehead atoms. The zero-order chi connectivity index (χ0) is 9.26. The van der Waals surface area contributed by atoms with Crippen molar-refractivity contribution in [2.24, 2.45) is 5.11 Å². The molecule has 0 unspecified atom stereocenters. The Bertz CT molecular complexity index is 496. The zero-order valence-electron chi connectivity index (χ0n) is 6.53. The van der Waals surface area contributed by atoms with Crippen LogP contribution in [0.1, 0.15) is 0 Å². The maximum atomic E-state index is 8.32. The van der Waals surface area contributed by atoms with Gasteiger partial charge < -0.3 is 4.98 Å². The molecular weight excluding hydrogens is 232 g/mol. The molecule has 64 valence electrons. The summed E-state index contributed by atoms with van der Waals surface area (Å²) in [6, 6.07) is 5.76. The van der Waals surface area contributed by atoms with E-state index in [2.05, 4.69) is 30.9 Å². The lowest BCUT2D eigenvalue weighted by Gasteiger charge is -1.93. The average molecular weight is 237 g/mol. The third-order valence-electron chi connectivity index (χ3n) is 1.79. The van der Waals surface area contributed by atoms with Crippen LogP contribution in [0.2, 0.25) is 0 Å². The first kappa shape index (κ1) is 8.16. The first-order chi connectivity index (χ1) is 6.33. The molecule has 1 N–H and O–H groups in total. The molecule has 1 aromatic carbocycles. The fourth-order valence-electron chi connectivity index (χ4n) is 1.25. The quantitative estimate of drug-likeness (QED) is 0.444. The molecule has 0 aliphatic carbocycles. The summed E-state index contributed by atoms with van der Waals surface area (Å²) in [6.45, 7) is 0. The number of aromatic nitrogens is 1. The van der Waals surface area contributed by atoms with Crippen molar-refractivity contribution in [1.29, 1.82) is 0 Å². The minimum absolute atomic E-state index is 0.616. The Balaban J connectivity index is 2.85. The number of nitrogens with zero attached hydrogens (tertiary/aromatic N) is 3. The molecule has 1 heterocycles. The molecule has 0 atom stereocenters. The van der Waals surface area contributed by atoms with E-state index in [1.54, 1.807) is 6.20 Å². The van der Waals surface area contributed by atoms with Crippen molar-refractivity contribution in [3.05, 3.63) is 39.3 Å². The van der Waals surface area contributed by atoms with Gasteiger partial charge in [0.2, 0.25) is 0 Å². The lowest BCUT2D eigenvalue weighted by molar-refractivity contribution is 1.44. The molecule has 0 spiro atoms. The van der Waals surface area contributed by atoms with Crippen molar-refractivity contribution >= 4 is 32.5 Å². The summed E-state index contributed by atoms with van der Waals surface area (Å²) in [4.78, 5) is 5.77. The third-order valence-corrected chi connectivity index (χ3v) is 2.45. The smallest absolute Gasteiger partial charge is 0.0640 e. The lowest BCUT2D eigenvalue weighted by atomic mass is 10.2. The topological polar surface area (TPSA) is 64.6 Å². The largest absolute Gasteiger partial charge is 0.361 e. The summed E-state index contributed by atoms with van der Waals surface area (Å²) in [5.74, 6) is 0. The fraction of sp³-hybridized carbons (Fsp3) is 0. The Morgan fingerprint density at radius 3 is 3.08 bits per heavy atom. The summed E-state index contributed by atoms with van der Waals surface area (Å²) >= 11 is 3.39. The maximum absolute atomic E-state index is 8.32. The van der Waals surface area contributed by atoms with Gasteiger partial charge in [-0.25, -0.2) is 0 Å². The summed E-state index contributed by atoms with van der Waals surface area (Å²) in [6.07, 6.45) is 1.69. The van der Waals surface area contributed by atoms with Crippen LogP contribution >= 0.6 is 15.9 Å². The molecule has 1 aromatic heterocycles. The van der Waals surface area contributed by atoms with E-state index in [4.69, 9.17) is 5.53 Å². The molecular formula is C8H5BrN4. The summed E-state index contributed by atoms with van der Waals surface area (Å²) < 4.78 is 0.925. The number of hydrogen-bond donors (Lipinski definition) is 1. The molecule has 0 saturated heterocycles. The molecule has 5 heteroatoms. The highest BCUT2D eigenvalue weighted by Gasteiger charge is 2.03. The van der Waals surface area contributed by atoms with E-state index < -0.39 is 0 Å². The van der Waals surface area contributed by atoms with E-state index in [0.717, 1.165) is 15.4 Å². The number of H-pyrrole nitrogens is 1. The molecule has 0 fully saturated rings. The van der Waals surface area contributed by atoms with Gasteiger partial charge in [0.25, 0.3) is 0 Å². The van der Waals surface area contributed by atoms with Crippen LogP contribution in [0.4, 0.5) is 5.69 Å². The van der Waals surface area contributed by atoms with Crippen LogP contribution in [-0.4, -0.2) is 4.98 Å². The second-order valence-corrected chi connectivity index (χ2v) is 3.38. The van der Waals surface area contributed by atoms with Crippen LogP contribution in [-0.2, 0) is 0 Å². The van der Waals surface area contributed by atoms with E-state index in [1.807, 2.05) is 18.2 Å². The van der Waals surface area contributed by atoms with Crippen molar-refractivity contribution < 1.29 is 0 Å². The van der Waals surface area contributed by atoms with Gasteiger partial charge in [0.1, 0.15) is 0 Å². The molecule has 2 rings (SSSR count). The van der Waals surface area contributed by atoms with Gasteiger partial charge in [-0.2, -0.15) is 0 Å². The van der Waals surface area contributed by atoms with Gasteiger partial charge in [-0.05, 0) is 17.7 Å². The van der Waals surface area contributed by atoms with Gasteiger partial charge in [0.05, 0.1) is 5.69 Å². The second-order valence-electron chi connectivity index (χ2n) is 2.53. The van der Waals surface area contributed by atoms with Gasteiger partial charge in [0, 0.05) is 26.5 Å². The van der Waals surface area contributed by atoms with E-state index in [0.29, 0.717) is 5.69 Å². The number of hydrogen-bond acceptors (Lipinski definition) is 1. The van der Waals surface area contributed by atoms with Crippen molar-refractivity contribution in [2.45, 2.75) is 0 Å². The van der Waals surface area contributed by atoms with Crippen LogP contribution in [0.5, 0.6) is 0 Å². The van der Waals surface area contributed by atoms with E-state index >= 15 is 0 Å². The molecule has 0 saturated carbocycles. The zero-order valence-corrected chi connectivity index (χ0v) is 8.12. The van der Waals surface area contributed by atoms with Crippen molar-refractivity contribution in [2.75, 3.05) is 0 Å². The van der Waals surface area contributed by atoms with E-state index in [9.17, 15) is 0 Å². The Hall–Kier alpha value is -1.45. The van der Waals surface area contributed by atoms with Crippen molar-refractivity contribution in [3.8, 4) is 0 Å². The summed E-state index contributed by atoms with van der Waals surface area (Å²) in [5.41, 5.74) is 9.89. The van der Waals surface area contributed by atoms with Gasteiger partial charge in [0.15, 0.2) is 0 Å². The molecule has 0 radical (unpaired) electrons. The van der Waals surface area contributed by atoms with E-state index in [-0.39, 0.29) is 0 Å². The maximum Gasteiger partial charge on any atom is 0.0640 e. The van der Waals surface area contributed by atoms with Crippen LogP contribution in [0.3, 0.4) is 0 Å². The highest BCUT2D eigenvalue weighted by Crippen LogP contribution is 2.32. The number of benzene rings is 1. The van der Waals surface area contributed by atoms with Crippen molar-refractivity contribution in [1.82, 2.24) is 4.98 Å². The molecule has 0 aliphatic heterocycles. The number of azide groups is 1. The monoisotopic (exact) mass is 236 g/mol. The molecule has 4 nitrogen and oxygen atoms in total. The minimum atomic E-state index is 0.616. The molecule has 13 heavy (non-hydrogen) atoms. The Morgan fingerprint density at radius 1 is 1.46 bits per heavy atom. The second kappa shape index (κ2) is 3.12. The first-order valence-corrected chi connectivity index (χ1v) is 4.43. The predicted octanol–water partition coefficient (Wildman–Crippen LogP) is 3.87. The van der Waals surface area contributed by atoms with Crippen LogP contribution in [0.15, 0.2) is 34.0 Å². The number of nitrogens with one attached hydrogen (secondary N) is 1. The summed E-state index contributed by atoms with van der Waals surface area (Å²) in [5, 5.41) is 4.49. The third kappa shape index (κ3) is 1.28. The SMILES string of the molecule is [N-]=[N+]=Nc1c[nH]c2cccc(Br)c12. The average Bonchev–Trinajstić information content (AvgIpc) is 2.51. The number of aromatic amines is 1. The number of rotatable bonds is 1. The number of halogens is 1. The Kier molecular flexibility index (Phi) is 1.96. The highest BCUT2D eigenvalue weighted by atomic mass is 79.9. The van der Waals surface area contributed by atoms with Gasteiger partial charge in [-0.1, -0.05) is 27.1 Å². The highest BCUT2D eigenvalue weighted by molar-refractivity contribution is 9.10.